The number of amides is 1. The molecule has 6 nitrogen and oxygen atoms in total. The molecule has 0 fully saturated rings. The molecule has 0 bridgehead atoms. The van der Waals surface area contributed by atoms with E-state index in [1.54, 1.807) is 37.3 Å². The molecule has 1 aromatic heterocycles. The van der Waals surface area contributed by atoms with Crippen LogP contribution in [0.15, 0.2) is 47.0 Å². The predicted molar refractivity (Wildman–Crippen MR) is 102 cm³/mol. The standard InChI is InChI=1S/C19H16Cl2N2O4/c1-11(13-7-6-12(20)8-15(13)21)22-18(24)10-26-19(25)9-16-14-4-2-3-5-17(14)27-23-16/h2-8,11H,9-10H2,1H3,(H,22,24)/t11-/m0/s1. The molecule has 140 valence electrons. The zero-order chi connectivity index (χ0) is 19.4. The van der Waals surface area contributed by atoms with E-state index < -0.39 is 18.5 Å². The van der Waals surface area contributed by atoms with Gasteiger partial charge in [0.25, 0.3) is 5.91 Å². The molecule has 8 heteroatoms. The van der Waals surface area contributed by atoms with Crippen molar-refractivity contribution in [2.75, 3.05) is 6.61 Å². The van der Waals surface area contributed by atoms with E-state index in [1.807, 2.05) is 12.1 Å². The Kier molecular flexibility index (Phi) is 5.98. The molecule has 0 aliphatic rings. The summed E-state index contributed by atoms with van der Waals surface area (Å²) in [4.78, 5) is 24.0. The van der Waals surface area contributed by atoms with Crippen LogP contribution >= 0.6 is 23.2 Å². The van der Waals surface area contributed by atoms with Crippen molar-refractivity contribution in [1.29, 1.82) is 0 Å². The van der Waals surface area contributed by atoms with Crippen LogP contribution in [0.5, 0.6) is 0 Å². The SMILES string of the molecule is C[C@H](NC(=O)COC(=O)Cc1noc2ccccc12)c1ccc(Cl)cc1Cl. The molecule has 3 rings (SSSR count). The van der Waals surface area contributed by atoms with Gasteiger partial charge in [-0.1, -0.05) is 46.6 Å². The Morgan fingerprint density at radius 2 is 2.00 bits per heavy atom. The molecule has 0 aliphatic carbocycles. The topological polar surface area (TPSA) is 81.4 Å². The van der Waals surface area contributed by atoms with Crippen LogP contribution in [0, 0.1) is 0 Å². The zero-order valence-corrected chi connectivity index (χ0v) is 15.9. The fourth-order valence-corrected chi connectivity index (χ4v) is 3.19. The van der Waals surface area contributed by atoms with E-state index in [0.717, 1.165) is 10.9 Å². The number of ether oxygens (including phenoxy) is 1. The van der Waals surface area contributed by atoms with Crippen molar-refractivity contribution >= 4 is 46.0 Å². The molecule has 0 spiro atoms. The Balaban J connectivity index is 1.52. The number of carbonyl (C=O) groups is 2. The van der Waals surface area contributed by atoms with Gasteiger partial charge >= 0.3 is 5.97 Å². The molecule has 1 atom stereocenters. The molecule has 1 N–H and O–H groups in total. The number of benzene rings is 2. The largest absolute Gasteiger partial charge is 0.455 e. The van der Waals surface area contributed by atoms with E-state index in [1.165, 1.54) is 0 Å². The molecule has 1 heterocycles. The van der Waals surface area contributed by atoms with Crippen LogP contribution in [0.25, 0.3) is 11.0 Å². The van der Waals surface area contributed by atoms with Gasteiger partial charge < -0.3 is 14.6 Å². The molecule has 0 unspecified atom stereocenters. The number of aromatic nitrogens is 1. The molecular weight excluding hydrogens is 391 g/mol. The Bertz CT molecular complexity index is 987. The first kappa shape index (κ1) is 19.2. The highest BCUT2D eigenvalue weighted by Crippen LogP contribution is 2.26. The summed E-state index contributed by atoms with van der Waals surface area (Å²) in [6.07, 6.45) is -0.0805. The Morgan fingerprint density at radius 1 is 1.22 bits per heavy atom. The first-order chi connectivity index (χ1) is 12.9. The maximum Gasteiger partial charge on any atom is 0.312 e. The summed E-state index contributed by atoms with van der Waals surface area (Å²) in [6, 6.07) is 11.9. The van der Waals surface area contributed by atoms with E-state index in [9.17, 15) is 9.59 Å². The maximum atomic E-state index is 12.0. The number of para-hydroxylation sites is 1. The normalized spacial score (nSPS) is 12.0. The van der Waals surface area contributed by atoms with Gasteiger partial charge in [-0.25, -0.2) is 0 Å². The van der Waals surface area contributed by atoms with Gasteiger partial charge in [0.05, 0.1) is 12.5 Å². The molecule has 0 saturated carbocycles. The number of rotatable bonds is 6. The van der Waals surface area contributed by atoms with E-state index in [-0.39, 0.29) is 12.5 Å². The lowest BCUT2D eigenvalue weighted by Gasteiger charge is -2.16. The van der Waals surface area contributed by atoms with Crippen LogP contribution in [0.2, 0.25) is 10.0 Å². The Morgan fingerprint density at radius 3 is 2.78 bits per heavy atom. The van der Waals surface area contributed by atoms with Crippen LogP contribution in [-0.2, 0) is 20.7 Å². The molecule has 27 heavy (non-hydrogen) atoms. The van der Waals surface area contributed by atoms with Gasteiger partial charge in [0, 0.05) is 15.4 Å². The molecule has 1 amide bonds. The minimum absolute atomic E-state index is 0.0805. The van der Waals surface area contributed by atoms with Crippen molar-refractivity contribution in [3.8, 4) is 0 Å². The van der Waals surface area contributed by atoms with E-state index in [0.29, 0.717) is 21.3 Å². The average molecular weight is 407 g/mol. The fourth-order valence-electron chi connectivity index (χ4n) is 2.61. The van der Waals surface area contributed by atoms with Crippen molar-refractivity contribution < 1.29 is 18.8 Å². The highest BCUT2D eigenvalue weighted by atomic mass is 35.5. The third-order valence-corrected chi connectivity index (χ3v) is 4.50. The first-order valence-electron chi connectivity index (χ1n) is 8.17. The lowest BCUT2D eigenvalue weighted by atomic mass is 10.1. The average Bonchev–Trinajstić information content (AvgIpc) is 3.03. The van der Waals surface area contributed by atoms with Crippen molar-refractivity contribution in [1.82, 2.24) is 10.5 Å². The molecule has 0 radical (unpaired) electrons. The summed E-state index contributed by atoms with van der Waals surface area (Å²) in [5.41, 5.74) is 1.78. The molecule has 0 aliphatic heterocycles. The van der Waals surface area contributed by atoms with Crippen LogP contribution in [0.1, 0.15) is 24.2 Å². The lowest BCUT2D eigenvalue weighted by molar-refractivity contribution is -0.148. The van der Waals surface area contributed by atoms with E-state index in [4.69, 9.17) is 32.5 Å². The number of hydrogen-bond acceptors (Lipinski definition) is 5. The molecular formula is C19H16Cl2N2O4. The summed E-state index contributed by atoms with van der Waals surface area (Å²) in [7, 11) is 0. The van der Waals surface area contributed by atoms with Gasteiger partial charge in [-0.2, -0.15) is 0 Å². The Labute approximate surface area is 165 Å². The summed E-state index contributed by atoms with van der Waals surface area (Å²) >= 11 is 12.0. The maximum absolute atomic E-state index is 12.0. The van der Waals surface area contributed by atoms with E-state index in [2.05, 4.69) is 10.5 Å². The van der Waals surface area contributed by atoms with Crippen molar-refractivity contribution in [2.45, 2.75) is 19.4 Å². The van der Waals surface area contributed by atoms with Crippen molar-refractivity contribution in [3.63, 3.8) is 0 Å². The van der Waals surface area contributed by atoms with Gasteiger partial charge in [0.2, 0.25) is 0 Å². The van der Waals surface area contributed by atoms with Gasteiger partial charge in [-0.05, 0) is 36.8 Å². The monoisotopic (exact) mass is 406 g/mol. The minimum Gasteiger partial charge on any atom is -0.455 e. The predicted octanol–water partition coefficient (Wildman–Crippen LogP) is 4.10. The van der Waals surface area contributed by atoms with Gasteiger partial charge in [0.1, 0.15) is 5.69 Å². The Hall–Kier alpha value is -2.57. The number of carbonyl (C=O) groups excluding carboxylic acids is 2. The smallest absolute Gasteiger partial charge is 0.312 e. The summed E-state index contributed by atoms with van der Waals surface area (Å²) in [6.45, 7) is 1.38. The number of fused-ring (bicyclic) bond motifs is 1. The third kappa shape index (κ3) is 4.78. The summed E-state index contributed by atoms with van der Waals surface area (Å²) in [5.74, 6) is -1.01. The van der Waals surface area contributed by atoms with Crippen molar-refractivity contribution in [2.24, 2.45) is 0 Å². The lowest BCUT2D eigenvalue weighted by Crippen LogP contribution is -2.31. The number of nitrogens with zero attached hydrogens (tertiary/aromatic N) is 1. The molecule has 0 saturated heterocycles. The van der Waals surface area contributed by atoms with Crippen LogP contribution in [0.3, 0.4) is 0 Å². The van der Waals surface area contributed by atoms with E-state index >= 15 is 0 Å². The number of hydrogen-bond donors (Lipinski definition) is 1. The zero-order valence-electron chi connectivity index (χ0n) is 14.4. The second-order valence-electron chi connectivity index (χ2n) is 5.92. The van der Waals surface area contributed by atoms with Gasteiger partial charge in [-0.3, -0.25) is 9.59 Å². The van der Waals surface area contributed by atoms with Gasteiger partial charge in [-0.15, -0.1) is 0 Å². The van der Waals surface area contributed by atoms with Crippen LogP contribution < -0.4 is 5.32 Å². The molecule has 3 aromatic rings. The quantitative estimate of drug-likeness (QED) is 0.623. The number of nitrogens with one attached hydrogen (secondary N) is 1. The highest BCUT2D eigenvalue weighted by Gasteiger charge is 2.16. The molecule has 2 aromatic carbocycles. The number of esters is 1. The third-order valence-electron chi connectivity index (χ3n) is 3.93. The van der Waals surface area contributed by atoms with Crippen LogP contribution in [-0.4, -0.2) is 23.6 Å². The summed E-state index contributed by atoms with van der Waals surface area (Å²) in [5, 5.41) is 8.29. The number of halogens is 2. The minimum atomic E-state index is -0.568. The summed E-state index contributed by atoms with van der Waals surface area (Å²) < 4.78 is 10.2. The van der Waals surface area contributed by atoms with Crippen LogP contribution in [0.4, 0.5) is 0 Å². The fraction of sp³-hybridized carbons (Fsp3) is 0.211. The second-order valence-corrected chi connectivity index (χ2v) is 6.76. The van der Waals surface area contributed by atoms with Crippen molar-refractivity contribution in [3.05, 3.63) is 63.8 Å². The second kappa shape index (κ2) is 8.41. The highest BCUT2D eigenvalue weighted by molar-refractivity contribution is 6.35. The van der Waals surface area contributed by atoms with Gasteiger partial charge in [0.15, 0.2) is 12.2 Å². The first-order valence-corrected chi connectivity index (χ1v) is 8.93.